The van der Waals surface area contributed by atoms with Gasteiger partial charge in [0, 0.05) is 10.7 Å². The SMILES string of the molecule is CC1=NN(c2ccc(Br)c(C)c2)C(=O)C1C=Nc1cccc(C)c1. The minimum absolute atomic E-state index is 0.0781. The molecule has 0 spiro atoms. The van der Waals surface area contributed by atoms with Gasteiger partial charge in [0.2, 0.25) is 0 Å². The van der Waals surface area contributed by atoms with Crippen molar-refractivity contribution in [2.75, 3.05) is 5.01 Å². The third kappa shape index (κ3) is 3.31. The van der Waals surface area contributed by atoms with E-state index in [0.717, 1.165) is 32.7 Å². The van der Waals surface area contributed by atoms with E-state index >= 15 is 0 Å². The van der Waals surface area contributed by atoms with Crippen molar-refractivity contribution in [3.8, 4) is 0 Å². The van der Waals surface area contributed by atoms with Crippen molar-refractivity contribution in [2.45, 2.75) is 20.8 Å². The number of hydrazone groups is 1. The molecule has 24 heavy (non-hydrogen) atoms. The first-order valence-electron chi connectivity index (χ1n) is 7.72. The average Bonchev–Trinajstić information content (AvgIpc) is 2.83. The van der Waals surface area contributed by atoms with Crippen LogP contribution < -0.4 is 5.01 Å². The quantitative estimate of drug-likeness (QED) is 0.701. The lowest BCUT2D eigenvalue weighted by molar-refractivity contribution is -0.118. The van der Waals surface area contributed by atoms with Crippen molar-refractivity contribution >= 4 is 45.1 Å². The van der Waals surface area contributed by atoms with Gasteiger partial charge in [0.1, 0.15) is 5.92 Å². The Morgan fingerprint density at radius 1 is 1.17 bits per heavy atom. The van der Waals surface area contributed by atoms with Crippen LogP contribution in [0.4, 0.5) is 11.4 Å². The van der Waals surface area contributed by atoms with E-state index in [1.165, 1.54) is 5.01 Å². The number of hydrogen-bond donors (Lipinski definition) is 0. The number of halogens is 1. The number of rotatable bonds is 3. The summed E-state index contributed by atoms with van der Waals surface area (Å²) in [6.07, 6.45) is 1.68. The molecule has 3 rings (SSSR count). The molecule has 1 unspecified atom stereocenters. The molecule has 1 atom stereocenters. The summed E-state index contributed by atoms with van der Waals surface area (Å²) in [7, 11) is 0. The van der Waals surface area contributed by atoms with Crippen LogP contribution in [-0.4, -0.2) is 17.8 Å². The van der Waals surface area contributed by atoms with E-state index < -0.39 is 5.92 Å². The molecule has 2 aromatic rings. The van der Waals surface area contributed by atoms with Crippen LogP contribution in [0.5, 0.6) is 0 Å². The van der Waals surface area contributed by atoms with Gasteiger partial charge in [-0.2, -0.15) is 10.1 Å². The number of benzene rings is 2. The Labute approximate surface area is 150 Å². The van der Waals surface area contributed by atoms with Crippen LogP contribution in [0.2, 0.25) is 0 Å². The second kappa shape index (κ2) is 6.69. The van der Waals surface area contributed by atoms with Crippen molar-refractivity contribution in [1.29, 1.82) is 0 Å². The highest BCUT2D eigenvalue weighted by Gasteiger charge is 2.33. The van der Waals surface area contributed by atoms with E-state index in [2.05, 4.69) is 26.0 Å². The van der Waals surface area contributed by atoms with Crippen molar-refractivity contribution in [1.82, 2.24) is 0 Å². The third-order valence-electron chi connectivity index (χ3n) is 3.94. The van der Waals surface area contributed by atoms with Crippen molar-refractivity contribution < 1.29 is 4.79 Å². The van der Waals surface area contributed by atoms with Crippen LogP contribution in [0.25, 0.3) is 0 Å². The first-order chi connectivity index (χ1) is 11.5. The number of anilines is 1. The monoisotopic (exact) mass is 383 g/mol. The van der Waals surface area contributed by atoms with Crippen LogP contribution in [0.1, 0.15) is 18.1 Å². The molecule has 122 valence electrons. The summed E-state index contributed by atoms with van der Waals surface area (Å²) in [6.45, 7) is 5.86. The molecule has 2 aromatic carbocycles. The molecule has 1 heterocycles. The maximum atomic E-state index is 12.7. The lowest BCUT2D eigenvalue weighted by Crippen LogP contribution is -2.27. The predicted molar refractivity (Wildman–Crippen MR) is 102 cm³/mol. The highest BCUT2D eigenvalue weighted by Crippen LogP contribution is 2.27. The maximum absolute atomic E-state index is 12.7. The van der Waals surface area contributed by atoms with Crippen LogP contribution in [0, 0.1) is 19.8 Å². The van der Waals surface area contributed by atoms with E-state index in [0.29, 0.717) is 0 Å². The highest BCUT2D eigenvalue weighted by molar-refractivity contribution is 9.10. The number of aryl methyl sites for hydroxylation is 2. The van der Waals surface area contributed by atoms with E-state index in [1.807, 2.05) is 63.2 Å². The normalized spacial score (nSPS) is 17.7. The van der Waals surface area contributed by atoms with Crippen molar-refractivity contribution in [3.05, 3.63) is 58.1 Å². The van der Waals surface area contributed by atoms with Gasteiger partial charge in [-0.25, -0.2) is 0 Å². The molecule has 1 aliphatic heterocycles. The average molecular weight is 384 g/mol. The van der Waals surface area contributed by atoms with Gasteiger partial charge in [-0.3, -0.25) is 9.79 Å². The highest BCUT2D eigenvalue weighted by atomic mass is 79.9. The standard InChI is InChI=1S/C19H18BrN3O/c1-12-5-4-6-15(9-12)21-11-17-14(3)22-23(19(17)24)16-7-8-18(20)13(2)10-16/h4-11,17H,1-3H3. The Kier molecular flexibility index (Phi) is 4.62. The molecular weight excluding hydrogens is 366 g/mol. The minimum atomic E-state index is -0.422. The summed E-state index contributed by atoms with van der Waals surface area (Å²) in [5, 5.41) is 5.88. The summed E-state index contributed by atoms with van der Waals surface area (Å²) in [5.41, 5.74) is 4.56. The molecule has 0 bridgehead atoms. The zero-order valence-electron chi connectivity index (χ0n) is 13.8. The number of hydrogen-bond acceptors (Lipinski definition) is 3. The van der Waals surface area contributed by atoms with Crippen LogP contribution in [-0.2, 0) is 4.79 Å². The second-order valence-corrected chi connectivity index (χ2v) is 6.77. The molecule has 0 radical (unpaired) electrons. The first-order valence-corrected chi connectivity index (χ1v) is 8.51. The van der Waals surface area contributed by atoms with Gasteiger partial charge in [-0.05, 0) is 62.2 Å². The summed E-state index contributed by atoms with van der Waals surface area (Å²) < 4.78 is 1.01. The predicted octanol–water partition coefficient (Wildman–Crippen LogP) is 4.81. The van der Waals surface area contributed by atoms with E-state index in [4.69, 9.17) is 0 Å². The molecule has 0 saturated carbocycles. The number of aliphatic imine (C=N–C) groups is 1. The zero-order chi connectivity index (χ0) is 17.3. The molecule has 4 nitrogen and oxygen atoms in total. The molecule has 0 aliphatic carbocycles. The molecule has 0 N–H and O–H groups in total. The van der Waals surface area contributed by atoms with Gasteiger partial charge in [0.15, 0.2) is 0 Å². The van der Waals surface area contributed by atoms with Gasteiger partial charge in [-0.1, -0.05) is 28.1 Å². The fraction of sp³-hybridized carbons (Fsp3) is 0.211. The summed E-state index contributed by atoms with van der Waals surface area (Å²) >= 11 is 3.47. The van der Waals surface area contributed by atoms with Gasteiger partial charge in [0.05, 0.1) is 17.1 Å². The van der Waals surface area contributed by atoms with Gasteiger partial charge in [0.25, 0.3) is 5.91 Å². The molecule has 1 aliphatic rings. The van der Waals surface area contributed by atoms with Gasteiger partial charge < -0.3 is 0 Å². The van der Waals surface area contributed by atoms with Gasteiger partial charge in [-0.15, -0.1) is 0 Å². The lowest BCUT2D eigenvalue weighted by Gasteiger charge is -2.14. The number of amides is 1. The molecule has 0 fully saturated rings. The topological polar surface area (TPSA) is 45.0 Å². The summed E-state index contributed by atoms with van der Waals surface area (Å²) in [6, 6.07) is 13.6. The third-order valence-corrected chi connectivity index (χ3v) is 4.83. The Morgan fingerprint density at radius 3 is 2.67 bits per heavy atom. The van der Waals surface area contributed by atoms with Gasteiger partial charge >= 0.3 is 0 Å². The van der Waals surface area contributed by atoms with E-state index in [9.17, 15) is 4.79 Å². The smallest absolute Gasteiger partial charge is 0.261 e. The summed E-state index contributed by atoms with van der Waals surface area (Å²) in [4.78, 5) is 17.2. The number of carbonyl (C=O) groups is 1. The number of nitrogens with zero attached hydrogens (tertiary/aromatic N) is 3. The second-order valence-electron chi connectivity index (χ2n) is 5.92. The van der Waals surface area contributed by atoms with Crippen molar-refractivity contribution in [2.24, 2.45) is 16.0 Å². The Hall–Kier alpha value is -2.27. The van der Waals surface area contributed by atoms with Crippen LogP contribution >= 0.6 is 15.9 Å². The van der Waals surface area contributed by atoms with Crippen LogP contribution in [0.3, 0.4) is 0 Å². The first kappa shape index (κ1) is 16.6. The largest absolute Gasteiger partial charge is 0.271 e. The molecule has 5 heteroatoms. The molecule has 1 amide bonds. The Morgan fingerprint density at radius 2 is 1.96 bits per heavy atom. The minimum Gasteiger partial charge on any atom is -0.271 e. The molecule has 0 saturated heterocycles. The fourth-order valence-electron chi connectivity index (χ4n) is 2.57. The Balaban J connectivity index is 1.83. The van der Waals surface area contributed by atoms with Crippen LogP contribution in [0.15, 0.2) is 57.0 Å². The van der Waals surface area contributed by atoms with Crippen molar-refractivity contribution in [3.63, 3.8) is 0 Å². The zero-order valence-corrected chi connectivity index (χ0v) is 15.4. The van der Waals surface area contributed by atoms with E-state index in [-0.39, 0.29) is 5.91 Å². The van der Waals surface area contributed by atoms with E-state index in [1.54, 1.807) is 6.21 Å². The number of carbonyl (C=O) groups excluding carboxylic acids is 1. The fourth-order valence-corrected chi connectivity index (χ4v) is 2.81. The lowest BCUT2D eigenvalue weighted by atomic mass is 10.1. The summed E-state index contributed by atoms with van der Waals surface area (Å²) in [5.74, 6) is -0.500. The molecular formula is C19H18BrN3O. The Bertz CT molecular complexity index is 857. The maximum Gasteiger partial charge on any atom is 0.261 e. The molecule has 0 aromatic heterocycles.